The first kappa shape index (κ1) is 13.5. The summed E-state index contributed by atoms with van der Waals surface area (Å²) in [4.78, 5) is 12.1. The van der Waals surface area contributed by atoms with E-state index in [0.717, 1.165) is 11.1 Å². The number of ketones is 1. The number of carbonyl (C=O) groups is 1. The molecule has 0 radical (unpaired) electrons. The van der Waals surface area contributed by atoms with Crippen molar-refractivity contribution in [1.82, 2.24) is 0 Å². The minimum absolute atomic E-state index is 0.0459. The van der Waals surface area contributed by atoms with Gasteiger partial charge in [0.2, 0.25) is 0 Å². The molecule has 2 aromatic rings. The molecule has 2 nitrogen and oxygen atoms in total. The minimum atomic E-state index is -0.345. The van der Waals surface area contributed by atoms with E-state index >= 15 is 0 Å². The van der Waals surface area contributed by atoms with Crippen molar-refractivity contribution in [2.45, 2.75) is 19.4 Å². The van der Waals surface area contributed by atoms with E-state index in [1.165, 1.54) is 0 Å². The Labute approximate surface area is 114 Å². The molecule has 0 saturated carbocycles. The molecule has 0 spiro atoms. The molecule has 2 aromatic carbocycles. The van der Waals surface area contributed by atoms with Gasteiger partial charge in [-0.25, -0.2) is 0 Å². The van der Waals surface area contributed by atoms with Gasteiger partial charge >= 0.3 is 0 Å². The quantitative estimate of drug-likeness (QED) is 0.755. The van der Waals surface area contributed by atoms with Crippen LogP contribution in [0.3, 0.4) is 0 Å². The Morgan fingerprint density at radius 1 is 1.00 bits per heavy atom. The first-order valence-corrected chi connectivity index (χ1v) is 6.48. The van der Waals surface area contributed by atoms with Crippen LogP contribution in [0.15, 0.2) is 54.6 Å². The number of carbonyl (C=O) groups excluding carboxylic acids is 1. The van der Waals surface area contributed by atoms with E-state index in [1.54, 1.807) is 7.11 Å². The Morgan fingerprint density at radius 2 is 1.58 bits per heavy atom. The molecule has 0 heterocycles. The van der Waals surface area contributed by atoms with Crippen molar-refractivity contribution in [3.05, 3.63) is 60.2 Å². The number of ether oxygens (including phenoxy) is 1. The van der Waals surface area contributed by atoms with Gasteiger partial charge < -0.3 is 4.74 Å². The lowest BCUT2D eigenvalue weighted by molar-refractivity contribution is 0.0595. The fraction of sp³-hybridized carbons (Fsp3) is 0.235. The van der Waals surface area contributed by atoms with E-state index in [-0.39, 0.29) is 11.9 Å². The van der Waals surface area contributed by atoms with Gasteiger partial charge in [-0.1, -0.05) is 61.5 Å². The third kappa shape index (κ3) is 3.09. The summed E-state index contributed by atoms with van der Waals surface area (Å²) in [5, 5.41) is 0. The van der Waals surface area contributed by atoms with Gasteiger partial charge in [0.05, 0.1) is 0 Å². The highest BCUT2D eigenvalue weighted by Crippen LogP contribution is 2.20. The Morgan fingerprint density at radius 3 is 2.11 bits per heavy atom. The number of benzene rings is 2. The van der Waals surface area contributed by atoms with Crippen molar-refractivity contribution in [3.8, 4) is 11.1 Å². The minimum Gasteiger partial charge on any atom is -0.373 e. The maximum Gasteiger partial charge on any atom is 0.191 e. The lowest BCUT2D eigenvalue weighted by Crippen LogP contribution is -2.21. The van der Waals surface area contributed by atoms with E-state index < -0.39 is 0 Å². The predicted molar refractivity (Wildman–Crippen MR) is 77.3 cm³/mol. The van der Waals surface area contributed by atoms with Crippen molar-refractivity contribution >= 4 is 5.78 Å². The molecule has 2 rings (SSSR count). The van der Waals surface area contributed by atoms with Gasteiger partial charge in [0.1, 0.15) is 6.10 Å². The second-order valence-electron chi connectivity index (χ2n) is 4.44. The van der Waals surface area contributed by atoms with Crippen LogP contribution in [0.5, 0.6) is 0 Å². The zero-order chi connectivity index (χ0) is 13.7. The Kier molecular flexibility index (Phi) is 4.48. The molecule has 0 aliphatic rings. The number of hydrogen-bond donors (Lipinski definition) is 0. The fourth-order valence-electron chi connectivity index (χ4n) is 2.10. The van der Waals surface area contributed by atoms with E-state index in [4.69, 9.17) is 4.74 Å². The Hall–Kier alpha value is -1.93. The normalized spacial score (nSPS) is 12.1. The van der Waals surface area contributed by atoms with Gasteiger partial charge in [-0.3, -0.25) is 4.79 Å². The van der Waals surface area contributed by atoms with Gasteiger partial charge in [-0.15, -0.1) is 0 Å². The van der Waals surface area contributed by atoms with Crippen LogP contribution >= 0.6 is 0 Å². The molecule has 0 saturated heterocycles. The van der Waals surface area contributed by atoms with E-state index in [0.29, 0.717) is 12.0 Å². The second kappa shape index (κ2) is 6.30. The van der Waals surface area contributed by atoms with Gasteiger partial charge in [0, 0.05) is 12.7 Å². The third-order valence-corrected chi connectivity index (χ3v) is 3.22. The molecular weight excluding hydrogens is 236 g/mol. The van der Waals surface area contributed by atoms with Crippen LogP contribution in [0.4, 0.5) is 0 Å². The van der Waals surface area contributed by atoms with Gasteiger partial charge in [-0.05, 0) is 17.5 Å². The van der Waals surface area contributed by atoms with E-state index in [1.807, 2.05) is 49.4 Å². The summed E-state index contributed by atoms with van der Waals surface area (Å²) in [7, 11) is 1.57. The second-order valence-corrected chi connectivity index (χ2v) is 4.44. The van der Waals surface area contributed by atoms with E-state index in [9.17, 15) is 4.79 Å². The highest BCUT2D eigenvalue weighted by Gasteiger charge is 2.17. The maximum atomic E-state index is 12.1. The van der Waals surface area contributed by atoms with Crippen molar-refractivity contribution < 1.29 is 9.53 Å². The summed E-state index contributed by atoms with van der Waals surface area (Å²) >= 11 is 0. The third-order valence-electron chi connectivity index (χ3n) is 3.22. The van der Waals surface area contributed by atoms with Crippen LogP contribution in [-0.4, -0.2) is 19.0 Å². The molecule has 0 fully saturated rings. The van der Waals surface area contributed by atoms with Crippen LogP contribution in [0.1, 0.15) is 23.7 Å². The Balaban J connectivity index is 2.22. The fourth-order valence-corrected chi connectivity index (χ4v) is 2.10. The molecule has 0 N–H and O–H groups in total. The summed E-state index contributed by atoms with van der Waals surface area (Å²) in [6.07, 6.45) is 0.345. The lowest BCUT2D eigenvalue weighted by Gasteiger charge is -2.12. The first-order valence-electron chi connectivity index (χ1n) is 6.48. The summed E-state index contributed by atoms with van der Waals surface area (Å²) in [6.45, 7) is 1.95. The molecule has 0 bridgehead atoms. The molecule has 19 heavy (non-hydrogen) atoms. The van der Waals surface area contributed by atoms with Crippen molar-refractivity contribution in [2.75, 3.05) is 7.11 Å². The average molecular weight is 254 g/mol. The highest BCUT2D eigenvalue weighted by atomic mass is 16.5. The van der Waals surface area contributed by atoms with E-state index in [2.05, 4.69) is 12.1 Å². The first-order chi connectivity index (χ1) is 9.26. The summed E-state index contributed by atoms with van der Waals surface area (Å²) < 4.78 is 5.18. The van der Waals surface area contributed by atoms with Crippen LogP contribution < -0.4 is 0 Å². The molecule has 0 aliphatic heterocycles. The van der Waals surface area contributed by atoms with Crippen molar-refractivity contribution in [2.24, 2.45) is 0 Å². The number of methoxy groups -OCH3 is 1. The predicted octanol–water partition coefficient (Wildman–Crippen LogP) is 3.96. The number of hydrogen-bond acceptors (Lipinski definition) is 2. The average Bonchev–Trinajstić information content (AvgIpc) is 2.49. The largest absolute Gasteiger partial charge is 0.373 e. The summed E-state index contributed by atoms with van der Waals surface area (Å²) in [6, 6.07) is 17.8. The van der Waals surface area contributed by atoms with Gasteiger partial charge in [0.15, 0.2) is 5.78 Å². The molecule has 2 heteroatoms. The number of rotatable bonds is 5. The highest BCUT2D eigenvalue weighted by molar-refractivity contribution is 5.99. The van der Waals surface area contributed by atoms with Gasteiger partial charge in [-0.2, -0.15) is 0 Å². The molecule has 1 atom stereocenters. The molecule has 0 aliphatic carbocycles. The van der Waals surface area contributed by atoms with Crippen LogP contribution in [0.25, 0.3) is 11.1 Å². The molecule has 1 unspecified atom stereocenters. The summed E-state index contributed by atoms with van der Waals surface area (Å²) in [5.74, 6) is 0.0459. The smallest absolute Gasteiger partial charge is 0.191 e. The van der Waals surface area contributed by atoms with Gasteiger partial charge in [0.25, 0.3) is 0 Å². The lowest BCUT2D eigenvalue weighted by atomic mass is 10.00. The SMILES string of the molecule is CCC(OC)C(=O)c1ccc(-c2ccccc2)cc1. The topological polar surface area (TPSA) is 26.3 Å². The monoisotopic (exact) mass is 254 g/mol. The van der Waals surface area contributed by atoms with Crippen LogP contribution in [0, 0.1) is 0 Å². The Bertz CT molecular complexity index is 525. The standard InChI is InChI=1S/C17H18O2/c1-3-16(19-2)17(18)15-11-9-14(10-12-15)13-7-5-4-6-8-13/h4-12,16H,3H2,1-2H3. The molecule has 98 valence electrons. The van der Waals surface area contributed by atoms with Crippen LogP contribution in [0.2, 0.25) is 0 Å². The number of Topliss-reactive ketones (excluding diaryl/α,β-unsaturated/α-hetero) is 1. The van der Waals surface area contributed by atoms with Crippen molar-refractivity contribution in [1.29, 1.82) is 0 Å². The van der Waals surface area contributed by atoms with Crippen molar-refractivity contribution in [3.63, 3.8) is 0 Å². The molecular formula is C17H18O2. The molecule has 0 aromatic heterocycles. The zero-order valence-corrected chi connectivity index (χ0v) is 11.3. The molecule has 0 amide bonds. The maximum absolute atomic E-state index is 12.1. The summed E-state index contributed by atoms with van der Waals surface area (Å²) in [5.41, 5.74) is 2.97. The van der Waals surface area contributed by atoms with Crippen LogP contribution in [-0.2, 0) is 4.74 Å². The zero-order valence-electron chi connectivity index (χ0n) is 11.3.